The van der Waals surface area contributed by atoms with Crippen LogP contribution in [0.2, 0.25) is 0 Å². The molecular formula is C19H24N4OS. The number of nitrogen functional groups attached to an aromatic ring is 1. The summed E-state index contributed by atoms with van der Waals surface area (Å²) in [6, 6.07) is 8.66. The number of carbonyl (C=O) groups is 1. The number of fused-ring (bicyclic) bond motifs is 1. The van der Waals surface area contributed by atoms with Gasteiger partial charge in [0, 0.05) is 37.4 Å². The van der Waals surface area contributed by atoms with Crippen LogP contribution in [0.4, 0.5) is 5.13 Å². The predicted molar refractivity (Wildman–Crippen MR) is 100 cm³/mol. The van der Waals surface area contributed by atoms with Gasteiger partial charge in [-0.05, 0) is 30.4 Å². The van der Waals surface area contributed by atoms with Crippen molar-refractivity contribution in [3.63, 3.8) is 0 Å². The third kappa shape index (κ3) is 3.16. The molecule has 3 heterocycles. The Hall–Kier alpha value is -1.92. The zero-order valence-corrected chi connectivity index (χ0v) is 15.3. The van der Waals surface area contributed by atoms with Gasteiger partial charge in [0.25, 0.3) is 0 Å². The number of rotatable bonds is 4. The molecule has 1 aromatic heterocycles. The molecule has 25 heavy (non-hydrogen) atoms. The third-order valence-corrected chi connectivity index (χ3v) is 6.28. The van der Waals surface area contributed by atoms with Crippen LogP contribution in [-0.2, 0) is 11.2 Å². The molecule has 6 heteroatoms. The molecule has 1 amide bonds. The first-order valence-electron chi connectivity index (χ1n) is 8.89. The maximum Gasteiger partial charge on any atom is 0.223 e. The second-order valence-electron chi connectivity index (χ2n) is 7.11. The Morgan fingerprint density at radius 1 is 1.40 bits per heavy atom. The first kappa shape index (κ1) is 16.5. The molecule has 4 rings (SSSR count). The molecule has 0 saturated carbocycles. The molecule has 1 aromatic carbocycles. The van der Waals surface area contributed by atoms with E-state index in [9.17, 15) is 4.79 Å². The predicted octanol–water partition coefficient (Wildman–Crippen LogP) is 2.39. The molecule has 2 aliphatic heterocycles. The monoisotopic (exact) mass is 356 g/mol. The van der Waals surface area contributed by atoms with Crippen LogP contribution < -0.4 is 11.1 Å². The number of anilines is 1. The minimum absolute atomic E-state index is 0.189. The molecule has 0 unspecified atom stereocenters. The summed E-state index contributed by atoms with van der Waals surface area (Å²) >= 11 is 1.43. The van der Waals surface area contributed by atoms with Gasteiger partial charge in [0.1, 0.15) is 0 Å². The zero-order chi connectivity index (χ0) is 17.4. The average Bonchev–Trinajstić information content (AvgIpc) is 3.29. The quantitative estimate of drug-likeness (QED) is 0.882. The van der Waals surface area contributed by atoms with E-state index in [1.54, 1.807) is 0 Å². The van der Waals surface area contributed by atoms with Crippen LogP contribution >= 0.6 is 11.3 Å². The number of thiazole rings is 1. The lowest BCUT2D eigenvalue weighted by Crippen LogP contribution is -2.35. The van der Waals surface area contributed by atoms with Crippen molar-refractivity contribution in [1.82, 2.24) is 15.2 Å². The number of likely N-dealkylation sites (tertiary alicyclic amines) is 1. The summed E-state index contributed by atoms with van der Waals surface area (Å²) in [7, 11) is 0. The number of amides is 1. The normalized spacial score (nSPS) is 25.3. The Balaban J connectivity index is 1.54. The maximum absolute atomic E-state index is 13.0. The number of hydrogen-bond donors (Lipinski definition) is 2. The fourth-order valence-corrected chi connectivity index (χ4v) is 4.91. The van der Waals surface area contributed by atoms with Crippen molar-refractivity contribution >= 4 is 22.4 Å². The summed E-state index contributed by atoms with van der Waals surface area (Å²) in [6.07, 6.45) is 1.16. The highest BCUT2D eigenvalue weighted by molar-refractivity contribution is 7.13. The number of nitrogens with two attached hydrogens (primary N) is 1. The largest absolute Gasteiger partial charge is 0.375 e. The smallest absolute Gasteiger partial charge is 0.223 e. The van der Waals surface area contributed by atoms with Crippen molar-refractivity contribution in [3.05, 3.63) is 46.5 Å². The molecule has 0 aliphatic carbocycles. The first-order valence-corrected chi connectivity index (χ1v) is 9.77. The number of carbonyl (C=O) groups excluding carboxylic acids is 1. The molecule has 132 valence electrons. The highest BCUT2D eigenvalue weighted by Crippen LogP contribution is 2.43. The molecule has 2 fully saturated rings. The summed E-state index contributed by atoms with van der Waals surface area (Å²) in [5, 5.41) is 6.02. The van der Waals surface area contributed by atoms with Crippen LogP contribution in [0.3, 0.4) is 0 Å². The van der Waals surface area contributed by atoms with Crippen molar-refractivity contribution in [1.29, 1.82) is 0 Å². The maximum atomic E-state index is 13.0. The lowest BCUT2D eigenvalue weighted by atomic mass is 9.87. The first-order chi connectivity index (χ1) is 12.1. The van der Waals surface area contributed by atoms with E-state index >= 15 is 0 Å². The van der Waals surface area contributed by atoms with Crippen molar-refractivity contribution in [2.75, 3.05) is 25.4 Å². The Kier molecular flexibility index (Phi) is 4.48. The fourth-order valence-electron chi connectivity index (χ4n) is 4.31. The summed E-state index contributed by atoms with van der Waals surface area (Å²) in [5.41, 5.74) is 9.17. The van der Waals surface area contributed by atoms with Crippen LogP contribution in [0.25, 0.3) is 0 Å². The molecular weight excluding hydrogens is 332 g/mol. The van der Waals surface area contributed by atoms with E-state index in [-0.39, 0.29) is 11.9 Å². The molecule has 3 N–H and O–H groups in total. The third-order valence-electron chi connectivity index (χ3n) is 5.56. The molecule has 2 aliphatic rings. The fraction of sp³-hybridized carbons (Fsp3) is 0.474. The van der Waals surface area contributed by atoms with Gasteiger partial charge < -0.3 is 16.0 Å². The average molecular weight is 356 g/mol. The number of aryl methyl sites for hydroxylation is 2. The minimum atomic E-state index is 0.189. The van der Waals surface area contributed by atoms with Crippen LogP contribution in [0, 0.1) is 18.8 Å². The van der Waals surface area contributed by atoms with Gasteiger partial charge in [-0.1, -0.05) is 24.3 Å². The van der Waals surface area contributed by atoms with Gasteiger partial charge in [-0.15, -0.1) is 11.3 Å². The second-order valence-corrected chi connectivity index (χ2v) is 8.00. The highest BCUT2D eigenvalue weighted by Gasteiger charge is 2.46. The van der Waals surface area contributed by atoms with Gasteiger partial charge in [0.05, 0.1) is 11.7 Å². The van der Waals surface area contributed by atoms with Crippen molar-refractivity contribution in [2.45, 2.75) is 25.8 Å². The Morgan fingerprint density at radius 3 is 3.00 bits per heavy atom. The second kappa shape index (κ2) is 6.77. The number of hydrogen-bond acceptors (Lipinski definition) is 5. The topological polar surface area (TPSA) is 71.2 Å². The van der Waals surface area contributed by atoms with Gasteiger partial charge >= 0.3 is 0 Å². The van der Waals surface area contributed by atoms with E-state index in [4.69, 9.17) is 5.73 Å². The van der Waals surface area contributed by atoms with Gasteiger partial charge in [-0.2, -0.15) is 0 Å². The van der Waals surface area contributed by atoms with E-state index in [1.165, 1.54) is 22.5 Å². The van der Waals surface area contributed by atoms with Crippen molar-refractivity contribution < 1.29 is 4.79 Å². The number of aromatic nitrogens is 1. The van der Waals surface area contributed by atoms with Crippen molar-refractivity contribution in [2.24, 2.45) is 11.8 Å². The van der Waals surface area contributed by atoms with Gasteiger partial charge in [-0.3, -0.25) is 4.79 Å². The Labute approximate surface area is 152 Å². The standard InChI is InChI=1S/C19H24N4OS/c1-12-4-2-3-5-15(12)18-16-9-21-8-13(16)10-23(18)17(24)7-6-14-11-25-19(20)22-14/h2-5,11,13,16,18,21H,6-10H2,1H3,(H2,20,22)/t13-,16-,18+/m0/s1. The van der Waals surface area contributed by atoms with E-state index in [0.29, 0.717) is 29.8 Å². The summed E-state index contributed by atoms with van der Waals surface area (Å²) in [4.78, 5) is 19.4. The van der Waals surface area contributed by atoms with Gasteiger partial charge in [-0.25, -0.2) is 4.98 Å². The molecule has 2 saturated heterocycles. The Morgan fingerprint density at radius 2 is 2.24 bits per heavy atom. The zero-order valence-electron chi connectivity index (χ0n) is 14.4. The summed E-state index contributed by atoms with van der Waals surface area (Å²) < 4.78 is 0. The summed E-state index contributed by atoms with van der Waals surface area (Å²) in [6.45, 7) is 5.01. The number of nitrogens with one attached hydrogen (secondary N) is 1. The van der Waals surface area contributed by atoms with E-state index in [2.05, 4.69) is 46.4 Å². The van der Waals surface area contributed by atoms with Crippen LogP contribution in [0.1, 0.15) is 29.3 Å². The van der Waals surface area contributed by atoms with E-state index in [1.807, 2.05) is 5.38 Å². The van der Waals surface area contributed by atoms with Crippen LogP contribution in [-0.4, -0.2) is 35.4 Å². The highest BCUT2D eigenvalue weighted by atomic mass is 32.1. The molecule has 0 radical (unpaired) electrons. The van der Waals surface area contributed by atoms with Crippen molar-refractivity contribution in [3.8, 4) is 0 Å². The lowest BCUT2D eigenvalue weighted by molar-refractivity contribution is -0.132. The van der Waals surface area contributed by atoms with Gasteiger partial charge in [0.15, 0.2) is 5.13 Å². The molecule has 0 spiro atoms. The van der Waals surface area contributed by atoms with Gasteiger partial charge in [0.2, 0.25) is 5.91 Å². The number of nitrogens with zero attached hydrogens (tertiary/aromatic N) is 2. The molecule has 2 aromatic rings. The summed E-state index contributed by atoms with van der Waals surface area (Å²) in [5.74, 6) is 1.30. The SMILES string of the molecule is Cc1ccccc1[C@@H]1[C@H]2CNC[C@H]2CN1C(=O)CCc1csc(N)n1. The molecule has 5 nitrogen and oxygen atoms in total. The van der Waals surface area contributed by atoms with E-state index in [0.717, 1.165) is 25.3 Å². The van der Waals surface area contributed by atoms with Crippen LogP contribution in [0.5, 0.6) is 0 Å². The lowest BCUT2D eigenvalue weighted by Gasteiger charge is -2.29. The molecule has 3 atom stereocenters. The van der Waals surface area contributed by atoms with E-state index < -0.39 is 0 Å². The molecule has 0 bridgehead atoms. The minimum Gasteiger partial charge on any atom is -0.375 e. The Bertz CT molecular complexity index is 774. The number of benzene rings is 1. The van der Waals surface area contributed by atoms with Crippen LogP contribution in [0.15, 0.2) is 29.6 Å².